The van der Waals surface area contributed by atoms with Gasteiger partial charge in [0.25, 0.3) is 0 Å². The third kappa shape index (κ3) is 6.13. The normalized spacial score (nSPS) is 12.7. The third-order valence-electron chi connectivity index (χ3n) is 4.63. The summed E-state index contributed by atoms with van der Waals surface area (Å²) >= 11 is 6.21. The first-order valence-corrected chi connectivity index (χ1v) is 9.91. The Morgan fingerprint density at radius 3 is 2.71 bits per heavy atom. The molecule has 0 amide bonds. The largest absolute Gasteiger partial charge is 0.370 e. The van der Waals surface area contributed by atoms with E-state index in [2.05, 4.69) is 50.6 Å². The molecule has 1 heterocycles. The van der Waals surface area contributed by atoms with Gasteiger partial charge in [0.1, 0.15) is 0 Å². The summed E-state index contributed by atoms with van der Waals surface area (Å²) in [6.07, 6.45) is 6.28. The molecule has 1 unspecified atom stereocenters. The Bertz CT molecular complexity index is 862. The van der Waals surface area contributed by atoms with Crippen molar-refractivity contribution in [3.63, 3.8) is 0 Å². The van der Waals surface area contributed by atoms with Gasteiger partial charge in [-0.15, -0.1) is 0 Å². The van der Waals surface area contributed by atoms with Gasteiger partial charge in [0, 0.05) is 35.9 Å². The Hall–Kier alpha value is -2.79. The molecule has 146 valence electrons. The maximum absolute atomic E-state index is 6.21. The molecular formula is C22H26ClN5. The van der Waals surface area contributed by atoms with Crippen LogP contribution in [0.25, 0.3) is 0 Å². The minimum Gasteiger partial charge on any atom is -0.370 e. The molecule has 0 bridgehead atoms. The van der Waals surface area contributed by atoms with Crippen molar-refractivity contribution in [1.29, 1.82) is 0 Å². The van der Waals surface area contributed by atoms with E-state index < -0.39 is 0 Å². The molecule has 0 spiro atoms. The quantitative estimate of drug-likeness (QED) is 0.289. The molecule has 0 saturated carbocycles. The van der Waals surface area contributed by atoms with Gasteiger partial charge in [-0.2, -0.15) is 0 Å². The highest BCUT2D eigenvalue weighted by Gasteiger charge is 2.14. The van der Waals surface area contributed by atoms with Crippen LogP contribution in [0.4, 0.5) is 0 Å². The summed E-state index contributed by atoms with van der Waals surface area (Å²) in [6.45, 7) is 1.43. The lowest BCUT2D eigenvalue weighted by Crippen LogP contribution is -2.33. The molecule has 6 heteroatoms. The Kier molecular flexibility index (Phi) is 7.50. The first kappa shape index (κ1) is 20.0. The van der Waals surface area contributed by atoms with Crippen LogP contribution in [0.5, 0.6) is 0 Å². The lowest BCUT2D eigenvalue weighted by Gasteiger charge is -2.19. The number of hydrogen-bond donors (Lipinski definition) is 3. The number of halogens is 1. The Labute approximate surface area is 171 Å². The van der Waals surface area contributed by atoms with Crippen molar-refractivity contribution in [3.05, 3.63) is 89.0 Å². The van der Waals surface area contributed by atoms with Crippen molar-refractivity contribution < 1.29 is 0 Å². The number of imidazole rings is 1. The van der Waals surface area contributed by atoms with Crippen molar-refractivity contribution in [2.24, 2.45) is 10.7 Å². The molecule has 0 aliphatic heterocycles. The predicted octanol–water partition coefficient (Wildman–Crippen LogP) is 4.12. The number of nitrogens with two attached hydrogens (primary N) is 1. The molecule has 3 aromatic rings. The van der Waals surface area contributed by atoms with E-state index in [0.717, 1.165) is 36.5 Å². The number of aryl methyl sites for hydroxylation is 1. The first-order valence-electron chi connectivity index (χ1n) is 9.54. The number of aromatic amines is 1. The zero-order valence-corrected chi connectivity index (χ0v) is 16.6. The molecule has 0 saturated heterocycles. The molecule has 0 aliphatic rings. The molecule has 3 rings (SSSR count). The van der Waals surface area contributed by atoms with Gasteiger partial charge in [-0.25, -0.2) is 4.98 Å². The van der Waals surface area contributed by atoms with Crippen LogP contribution < -0.4 is 11.1 Å². The second-order valence-corrected chi connectivity index (χ2v) is 7.12. The van der Waals surface area contributed by atoms with E-state index in [4.69, 9.17) is 17.3 Å². The summed E-state index contributed by atoms with van der Waals surface area (Å²) in [5, 5.41) is 3.99. The van der Waals surface area contributed by atoms with Crippen LogP contribution in [0, 0.1) is 0 Å². The van der Waals surface area contributed by atoms with E-state index in [0.29, 0.717) is 12.5 Å². The van der Waals surface area contributed by atoms with Crippen molar-refractivity contribution in [2.45, 2.75) is 25.2 Å². The molecule has 1 atom stereocenters. The average Bonchev–Trinajstić information content (AvgIpc) is 3.23. The van der Waals surface area contributed by atoms with Crippen molar-refractivity contribution in [2.75, 3.05) is 13.1 Å². The number of rotatable bonds is 9. The number of nitrogens with zero attached hydrogens (tertiary/aromatic N) is 2. The van der Waals surface area contributed by atoms with Gasteiger partial charge in [-0.05, 0) is 42.5 Å². The minimum atomic E-state index is 0.251. The lowest BCUT2D eigenvalue weighted by atomic mass is 9.88. The number of aliphatic imine (C=N–C) groups is 1. The molecule has 0 fully saturated rings. The third-order valence-corrected chi connectivity index (χ3v) is 4.87. The fraction of sp³-hybridized carbons (Fsp3) is 0.273. The maximum Gasteiger partial charge on any atom is 0.188 e. The zero-order chi connectivity index (χ0) is 19.6. The van der Waals surface area contributed by atoms with Gasteiger partial charge in [-0.1, -0.05) is 54.1 Å². The number of H-pyrrole nitrogens is 1. The highest BCUT2D eigenvalue weighted by Crippen LogP contribution is 2.29. The van der Waals surface area contributed by atoms with Crippen LogP contribution in [0.15, 0.2) is 72.1 Å². The second-order valence-electron chi connectivity index (χ2n) is 6.68. The maximum atomic E-state index is 6.21. The molecule has 1 aromatic heterocycles. The highest BCUT2D eigenvalue weighted by molar-refractivity contribution is 6.30. The summed E-state index contributed by atoms with van der Waals surface area (Å²) in [4.78, 5) is 11.5. The number of benzene rings is 2. The van der Waals surface area contributed by atoms with Crippen molar-refractivity contribution in [1.82, 2.24) is 15.3 Å². The summed E-state index contributed by atoms with van der Waals surface area (Å²) in [5.41, 5.74) is 9.61. The van der Waals surface area contributed by atoms with Gasteiger partial charge in [0.2, 0.25) is 0 Å². The number of guanidine groups is 1. The standard InChI is InChI=1S/C22H26ClN5/c23-19-9-4-8-18(14-19)21(17-6-2-1-3-7-17)11-13-27-22(24)26-12-5-10-20-15-25-16-28-20/h1-4,6-9,14-16,21H,5,10-13H2,(H,25,28)(H3,24,26,27). The fourth-order valence-corrected chi connectivity index (χ4v) is 3.42. The van der Waals surface area contributed by atoms with E-state index in [9.17, 15) is 0 Å². The average molecular weight is 396 g/mol. The van der Waals surface area contributed by atoms with E-state index in [1.54, 1.807) is 6.33 Å². The molecule has 2 aromatic carbocycles. The van der Waals surface area contributed by atoms with Gasteiger partial charge in [0.05, 0.1) is 6.33 Å². The van der Waals surface area contributed by atoms with E-state index >= 15 is 0 Å². The summed E-state index contributed by atoms with van der Waals surface area (Å²) in [6, 6.07) is 18.5. The molecule has 5 nitrogen and oxygen atoms in total. The van der Waals surface area contributed by atoms with Gasteiger partial charge < -0.3 is 16.0 Å². The van der Waals surface area contributed by atoms with Crippen LogP contribution in [-0.4, -0.2) is 29.0 Å². The SMILES string of the molecule is NC(=NCCCc1cnc[nH]1)NCCC(c1ccccc1)c1cccc(Cl)c1. The van der Waals surface area contributed by atoms with Crippen molar-refractivity contribution >= 4 is 17.6 Å². The topological polar surface area (TPSA) is 79.1 Å². The predicted molar refractivity (Wildman–Crippen MR) is 116 cm³/mol. The summed E-state index contributed by atoms with van der Waals surface area (Å²) < 4.78 is 0. The smallest absolute Gasteiger partial charge is 0.188 e. The molecule has 28 heavy (non-hydrogen) atoms. The highest BCUT2D eigenvalue weighted by atomic mass is 35.5. The second kappa shape index (κ2) is 10.5. The Morgan fingerprint density at radius 1 is 1.14 bits per heavy atom. The number of aromatic nitrogens is 2. The minimum absolute atomic E-state index is 0.251. The van der Waals surface area contributed by atoms with Crippen LogP contribution in [0.3, 0.4) is 0 Å². The van der Waals surface area contributed by atoms with Crippen LogP contribution in [-0.2, 0) is 6.42 Å². The van der Waals surface area contributed by atoms with Crippen LogP contribution in [0.1, 0.15) is 35.6 Å². The zero-order valence-electron chi connectivity index (χ0n) is 15.8. The molecule has 0 radical (unpaired) electrons. The summed E-state index contributed by atoms with van der Waals surface area (Å²) in [5.74, 6) is 0.739. The summed E-state index contributed by atoms with van der Waals surface area (Å²) in [7, 11) is 0. The van der Waals surface area contributed by atoms with E-state index in [1.165, 1.54) is 11.1 Å². The van der Waals surface area contributed by atoms with Gasteiger partial charge in [0.15, 0.2) is 5.96 Å². The Balaban J connectivity index is 1.52. The van der Waals surface area contributed by atoms with E-state index in [-0.39, 0.29) is 5.92 Å². The monoisotopic (exact) mass is 395 g/mol. The van der Waals surface area contributed by atoms with E-state index in [1.807, 2.05) is 30.5 Å². The van der Waals surface area contributed by atoms with Crippen molar-refractivity contribution in [3.8, 4) is 0 Å². The number of nitrogens with one attached hydrogen (secondary N) is 2. The Morgan fingerprint density at radius 2 is 1.96 bits per heavy atom. The molecule has 0 aliphatic carbocycles. The van der Waals surface area contributed by atoms with Crippen LogP contribution in [0.2, 0.25) is 5.02 Å². The number of hydrogen-bond acceptors (Lipinski definition) is 2. The first-order chi connectivity index (χ1) is 13.7. The van der Waals surface area contributed by atoms with Gasteiger partial charge >= 0.3 is 0 Å². The lowest BCUT2D eigenvalue weighted by molar-refractivity contribution is 0.687. The fourth-order valence-electron chi connectivity index (χ4n) is 3.23. The van der Waals surface area contributed by atoms with Gasteiger partial charge in [-0.3, -0.25) is 4.99 Å². The molecular weight excluding hydrogens is 370 g/mol. The molecule has 4 N–H and O–H groups in total. The van der Waals surface area contributed by atoms with Crippen LogP contribution >= 0.6 is 11.6 Å².